The molecule has 2 N–H and O–H groups in total. The minimum absolute atomic E-state index is 0.591. The summed E-state index contributed by atoms with van der Waals surface area (Å²) in [7, 11) is 0. The maximum Gasteiger partial charge on any atom is 0.0957 e. The molecule has 0 rings (SSSR count). The van der Waals surface area contributed by atoms with Crippen LogP contribution in [0.25, 0.3) is 0 Å². The monoisotopic (exact) mass is 152 g/mol. The molecule has 0 saturated heterocycles. The van der Waals surface area contributed by atoms with Crippen LogP contribution in [0, 0.1) is 0 Å². The summed E-state index contributed by atoms with van der Waals surface area (Å²) in [5.41, 5.74) is 7.75. The molecule has 2 nitrogen and oxygen atoms in total. The Hall–Kier alpha value is -1.05. The molecule has 62 valence electrons. The van der Waals surface area contributed by atoms with Crippen molar-refractivity contribution in [2.24, 2.45) is 10.7 Å². The maximum absolute atomic E-state index is 5.37. The second kappa shape index (κ2) is 4.72. The molecule has 0 bridgehead atoms. The lowest BCUT2D eigenvalue weighted by Crippen LogP contribution is -2.03. The summed E-state index contributed by atoms with van der Waals surface area (Å²) in [6, 6.07) is 0. The number of aliphatic imine (C=N–C) groups is 1. The van der Waals surface area contributed by atoms with Crippen molar-refractivity contribution in [3.63, 3.8) is 0 Å². The van der Waals surface area contributed by atoms with Gasteiger partial charge in [-0.2, -0.15) is 0 Å². The molecule has 0 unspecified atom stereocenters. The van der Waals surface area contributed by atoms with Gasteiger partial charge in [-0.05, 0) is 33.3 Å². The summed E-state index contributed by atoms with van der Waals surface area (Å²) >= 11 is 0. The quantitative estimate of drug-likeness (QED) is 0.368. The first-order valence-electron chi connectivity index (χ1n) is 3.68. The van der Waals surface area contributed by atoms with Gasteiger partial charge in [-0.25, -0.2) is 4.99 Å². The number of nitrogens with zero attached hydrogens (tertiary/aromatic N) is 1. The summed E-state index contributed by atoms with van der Waals surface area (Å²) in [6.07, 6.45) is 3.83. The topological polar surface area (TPSA) is 38.4 Å². The van der Waals surface area contributed by atoms with Crippen molar-refractivity contribution in [1.82, 2.24) is 0 Å². The zero-order chi connectivity index (χ0) is 8.85. The minimum Gasteiger partial charge on any atom is -0.387 e. The van der Waals surface area contributed by atoms with Crippen LogP contribution in [0.15, 0.2) is 28.4 Å². The highest BCUT2D eigenvalue weighted by molar-refractivity contribution is 5.78. The molecule has 0 aliphatic heterocycles. The Balaban J connectivity index is 4.36. The van der Waals surface area contributed by atoms with Crippen molar-refractivity contribution >= 4 is 5.84 Å². The van der Waals surface area contributed by atoms with E-state index in [-0.39, 0.29) is 0 Å². The largest absolute Gasteiger partial charge is 0.387 e. The van der Waals surface area contributed by atoms with E-state index in [1.165, 1.54) is 5.57 Å². The summed E-state index contributed by atoms with van der Waals surface area (Å²) in [5, 5.41) is 0. The zero-order valence-electron chi connectivity index (χ0n) is 7.68. The second-order valence-electron chi connectivity index (χ2n) is 2.55. The number of nitrogens with two attached hydrogens (primary N) is 1. The average molecular weight is 152 g/mol. The predicted octanol–water partition coefficient (Wildman–Crippen LogP) is 2.23. The van der Waals surface area contributed by atoms with Crippen LogP contribution in [0.1, 0.15) is 27.7 Å². The van der Waals surface area contributed by atoms with E-state index in [1.54, 1.807) is 13.1 Å². The van der Waals surface area contributed by atoms with Crippen molar-refractivity contribution in [2.75, 3.05) is 0 Å². The van der Waals surface area contributed by atoms with Gasteiger partial charge in [0.1, 0.15) is 0 Å². The molecule has 0 aliphatic carbocycles. The van der Waals surface area contributed by atoms with Gasteiger partial charge in [0.2, 0.25) is 0 Å². The van der Waals surface area contributed by atoms with E-state index in [2.05, 4.69) is 4.99 Å². The van der Waals surface area contributed by atoms with Gasteiger partial charge in [0, 0.05) is 6.20 Å². The molecule has 11 heavy (non-hydrogen) atoms. The van der Waals surface area contributed by atoms with Crippen LogP contribution in [-0.4, -0.2) is 5.84 Å². The molecule has 0 heterocycles. The number of hydrogen-bond acceptors (Lipinski definition) is 1. The lowest BCUT2D eigenvalue weighted by molar-refractivity contribution is 1.29. The van der Waals surface area contributed by atoms with Crippen LogP contribution < -0.4 is 5.73 Å². The highest BCUT2D eigenvalue weighted by atomic mass is 14.8. The second-order valence-corrected chi connectivity index (χ2v) is 2.55. The lowest BCUT2D eigenvalue weighted by Gasteiger charge is -1.96. The van der Waals surface area contributed by atoms with Crippen LogP contribution in [0.4, 0.5) is 0 Å². The minimum atomic E-state index is 0.591. The molecule has 0 aliphatic rings. The van der Waals surface area contributed by atoms with E-state index >= 15 is 0 Å². The molecule has 0 saturated carbocycles. The smallest absolute Gasteiger partial charge is 0.0957 e. The van der Waals surface area contributed by atoms with Crippen LogP contribution >= 0.6 is 0 Å². The van der Waals surface area contributed by atoms with Gasteiger partial charge in [-0.15, -0.1) is 0 Å². The molecular weight excluding hydrogens is 136 g/mol. The van der Waals surface area contributed by atoms with Crippen molar-refractivity contribution in [1.29, 1.82) is 0 Å². The standard InChI is InChI=1S/C9H16N2/c1-5-7(2)8(3)6-11-9(4)10/h5-6H,1-4H3,(H2,10,11)/b7-5+,8-6+. The highest BCUT2D eigenvalue weighted by Crippen LogP contribution is 2.06. The third-order valence-corrected chi connectivity index (χ3v) is 1.52. The van der Waals surface area contributed by atoms with Crippen LogP contribution in [0.5, 0.6) is 0 Å². The molecule has 0 aromatic carbocycles. The van der Waals surface area contributed by atoms with Crippen molar-refractivity contribution in [3.05, 3.63) is 23.4 Å². The van der Waals surface area contributed by atoms with E-state index in [1.807, 2.05) is 26.8 Å². The Morgan fingerprint density at radius 2 is 1.73 bits per heavy atom. The van der Waals surface area contributed by atoms with Crippen LogP contribution in [-0.2, 0) is 0 Å². The first-order valence-corrected chi connectivity index (χ1v) is 3.68. The van der Waals surface area contributed by atoms with Gasteiger partial charge in [0.25, 0.3) is 0 Å². The number of rotatable bonds is 2. The molecule has 0 atom stereocenters. The molecular formula is C9H16N2. The summed E-state index contributed by atoms with van der Waals surface area (Å²) < 4.78 is 0. The Kier molecular flexibility index (Phi) is 4.27. The summed E-state index contributed by atoms with van der Waals surface area (Å²) in [6.45, 7) is 7.84. The fourth-order valence-electron chi connectivity index (χ4n) is 0.528. The Morgan fingerprint density at radius 3 is 2.09 bits per heavy atom. The Morgan fingerprint density at radius 1 is 1.18 bits per heavy atom. The van der Waals surface area contributed by atoms with E-state index in [0.717, 1.165) is 5.57 Å². The zero-order valence-corrected chi connectivity index (χ0v) is 7.68. The summed E-state index contributed by atoms with van der Waals surface area (Å²) in [5.74, 6) is 0.591. The van der Waals surface area contributed by atoms with Crippen molar-refractivity contribution in [3.8, 4) is 0 Å². The van der Waals surface area contributed by atoms with Gasteiger partial charge in [0.05, 0.1) is 5.84 Å². The average Bonchev–Trinajstić information content (AvgIpc) is 1.98. The fraction of sp³-hybridized carbons (Fsp3) is 0.444. The fourth-order valence-corrected chi connectivity index (χ4v) is 0.528. The number of allylic oxidation sites excluding steroid dienone is 3. The maximum atomic E-state index is 5.37. The first kappa shape index (κ1) is 9.95. The van der Waals surface area contributed by atoms with Gasteiger partial charge in [0.15, 0.2) is 0 Å². The molecule has 2 heteroatoms. The molecule has 0 radical (unpaired) electrons. The molecule has 0 spiro atoms. The van der Waals surface area contributed by atoms with E-state index < -0.39 is 0 Å². The molecule has 0 aromatic heterocycles. The van der Waals surface area contributed by atoms with Gasteiger partial charge in [-0.3, -0.25) is 0 Å². The van der Waals surface area contributed by atoms with Crippen molar-refractivity contribution in [2.45, 2.75) is 27.7 Å². The van der Waals surface area contributed by atoms with Crippen LogP contribution in [0.2, 0.25) is 0 Å². The normalized spacial score (nSPS) is 15.5. The van der Waals surface area contributed by atoms with E-state index in [9.17, 15) is 0 Å². The third-order valence-electron chi connectivity index (χ3n) is 1.52. The lowest BCUT2D eigenvalue weighted by atomic mass is 10.1. The van der Waals surface area contributed by atoms with Crippen molar-refractivity contribution < 1.29 is 0 Å². The number of hydrogen-bond donors (Lipinski definition) is 1. The third kappa shape index (κ3) is 4.37. The molecule has 0 aromatic rings. The Bertz CT molecular complexity index is 206. The van der Waals surface area contributed by atoms with Gasteiger partial charge >= 0.3 is 0 Å². The molecule has 0 fully saturated rings. The first-order chi connectivity index (χ1) is 5.07. The van der Waals surface area contributed by atoms with E-state index in [0.29, 0.717) is 5.84 Å². The molecule has 0 amide bonds. The van der Waals surface area contributed by atoms with Crippen LogP contribution in [0.3, 0.4) is 0 Å². The van der Waals surface area contributed by atoms with Gasteiger partial charge < -0.3 is 5.73 Å². The SMILES string of the molecule is C/C=C(C)/C(C)=C/N=C(\C)N. The summed E-state index contributed by atoms with van der Waals surface area (Å²) in [4.78, 5) is 3.99. The number of amidine groups is 1. The highest BCUT2D eigenvalue weighted by Gasteiger charge is 1.88. The Labute approximate surface area is 68.5 Å². The van der Waals surface area contributed by atoms with E-state index in [4.69, 9.17) is 5.73 Å². The van der Waals surface area contributed by atoms with Gasteiger partial charge in [-0.1, -0.05) is 11.6 Å². The predicted molar refractivity (Wildman–Crippen MR) is 50.5 cm³/mol.